The zero-order valence-corrected chi connectivity index (χ0v) is 17.4. The third-order valence-corrected chi connectivity index (χ3v) is 5.62. The van der Waals surface area contributed by atoms with Crippen LogP contribution in [0.1, 0.15) is 18.2 Å². The molecule has 0 radical (unpaired) electrons. The van der Waals surface area contributed by atoms with Gasteiger partial charge in [0.05, 0.1) is 17.3 Å². The molecule has 1 amide bonds. The molecule has 166 valence electrons. The molecule has 0 spiro atoms. The number of benzene rings is 1. The zero-order chi connectivity index (χ0) is 22.8. The summed E-state index contributed by atoms with van der Waals surface area (Å²) in [7, 11) is 0. The Morgan fingerprint density at radius 1 is 1.06 bits per heavy atom. The summed E-state index contributed by atoms with van der Waals surface area (Å²) in [5, 5.41) is 5.91. The first kappa shape index (κ1) is 20.7. The van der Waals surface area contributed by atoms with Crippen molar-refractivity contribution in [1.82, 2.24) is 30.2 Å². The van der Waals surface area contributed by atoms with E-state index in [4.69, 9.17) is 0 Å². The molecule has 4 aromatic rings. The maximum atomic E-state index is 13.4. The lowest BCUT2D eigenvalue weighted by molar-refractivity contribution is -0.118. The van der Waals surface area contributed by atoms with Gasteiger partial charge in [-0.1, -0.05) is 12.1 Å². The van der Waals surface area contributed by atoms with E-state index in [9.17, 15) is 14.0 Å². The molecule has 4 heterocycles. The Morgan fingerprint density at radius 2 is 1.85 bits per heavy atom. The van der Waals surface area contributed by atoms with Gasteiger partial charge in [0.25, 0.3) is 5.56 Å². The number of carbonyl (C=O) groups excluding carboxylic acids is 1. The lowest BCUT2D eigenvalue weighted by Crippen LogP contribution is -2.40. The molecule has 0 saturated carbocycles. The molecule has 1 unspecified atom stereocenters. The summed E-state index contributed by atoms with van der Waals surface area (Å²) in [5.74, 6) is -0.106. The van der Waals surface area contributed by atoms with Crippen LogP contribution < -0.4 is 16.2 Å². The van der Waals surface area contributed by atoms with Crippen molar-refractivity contribution in [1.29, 1.82) is 0 Å². The van der Waals surface area contributed by atoms with Crippen molar-refractivity contribution in [2.75, 3.05) is 11.9 Å². The minimum absolute atomic E-state index is 0.0227. The number of nitrogens with one attached hydrogen (secondary N) is 4. The summed E-state index contributed by atoms with van der Waals surface area (Å²) in [6.45, 7) is 0.666. The van der Waals surface area contributed by atoms with Gasteiger partial charge in [-0.25, -0.2) is 14.4 Å². The largest absolute Gasteiger partial charge is 0.348 e. The van der Waals surface area contributed by atoms with Gasteiger partial charge in [0, 0.05) is 36.3 Å². The predicted molar refractivity (Wildman–Crippen MR) is 120 cm³/mol. The summed E-state index contributed by atoms with van der Waals surface area (Å²) in [4.78, 5) is 44.7. The number of rotatable bonds is 5. The van der Waals surface area contributed by atoms with Gasteiger partial charge in [-0.15, -0.1) is 0 Å². The number of H-pyrrole nitrogens is 2. The van der Waals surface area contributed by atoms with Crippen molar-refractivity contribution in [3.8, 4) is 22.4 Å². The Morgan fingerprint density at radius 3 is 2.58 bits per heavy atom. The van der Waals surface area contributed by atoms with Gasteiger partial charge < -0.3 is 10.3 Å². The first-order valence-corrected chi connectivity index (χ1v) is 10.4. The molecule has 1 aliphatic heterocycles. The van der Waals surface area contributed by atoms with Gasteiger partial charge >= 0.3 is 0 Å². The molecular weight excluding hydrogens is 425 g/mol. The standard InChI is InChI=1S/C23H20FN7O2/c24-15-3-1-13(2-4-15)17-18(14-5-8-25-9-6-14)29-23(30-21(17)32)31-22(33)19-16(7-10-26-19)20-27-11-12-28-20/h1-6,8-9,11-12,16,19,26H,7,10H2,(H,27,28)(H2,29,30,31,32,33)/t16?,19-/m1/s1. The highest BCUT2D eigenvalue weighted by molar-refractivity contribution is 5.95. The molecule has 4 N–H and O–H groups in total. The number of halogens is 1. The number of hydrogen-bond acceptors (Lipinski definition) is 6. The summed E-state index contributed by atoms with van der Waals surface area (Å²) in [6.07, 6.45) is 7.29. The van der Waals surface area contributed by atoms with E-state index in [2.05, 4.69) is 35.6 Å². The Balaban J connectivity index is 1.51. The smallest absolute Gasteiger partial charge is 0.260 e. The monoisotopic (exact) mass is 445 g/mol. The van der Waals surface area contributed by atoms with Crippen LogP contribution >= 0.6 is 0 Å². The number of hydrogen-bond donors (Lipinski definition) is 4. The fourth-order valence-electron chi connectivity index (χ4n) is 4.08. The first-order valence-electron chi connectivity index (χ1n) is 10.4. The maximum Gasteiger partial charge on any atom is 0.260 e. The molecule has 3 aromatic heterocycles. The Hall–Kier alpha value is -4.18. The van der Waals surface area contributed by atoms with E-state index in [0.717, 1.165) is 12.2 Å². The summed E-state index contributed by atoms with van der Waals surface area (Å²) in [6, 6.07) is 8.49. The summed E-state index contributed by atoms with van der Waals surface area (Å²) in [5.41, 5.74) is 1.31. The average molecular weight is 445 g/mol. The topological polar surface area (TPSA) is 128 Å². The van der Waals surface area contributed by atoms with E-state index in [1.54, 1.807) is 36.9 Å². The van der Waals surface area contributed by atoms with Gasteiger partial charge in [-0.2, -0.15) is 0 Å². The normalized spacial score (nSPS) is 17.7. The number of carbonyl (C=O) groups is 1. The minimum atomic E-state index is -0.525. The molecule has 2 atom stereocenters. The van der Waals surface area contributed by atoms with Gasteiger partial charge in [0.2, 0.25) is 11.9 Å². The summed E-state index contributed by atoms with van der Waals surface area (Å²) < 4.78 is 13.4. The van der Waals surface area contributed by atoms with Crippen LogP contribution in [-0.2, 0) is 4.79 Å². The minimum Gasteiger partial charge on any atom is -0.348 e. The number of pyridine rings is 1. The van der Waals surface area contributed by atoms with Crippen molar-refractivity contribution in [3.05, 3.63) is 83.2 Å². The van der Waals surface area contributed by atoms with Gasteiger partial charge in [0.15, 0.2) is 0 Å². The van der Waals surface area contributed by atoms with E-state index in [1.165, 1.54) is 24.3 Å². The molecule has 9 nitrogen and oxygen atoms in total. The third kappa shape index (κ3) is 4.15. The Kier molecular flexibility index (Phi) is 5.49. The average Bonchev–Trinajstić information content (AvgIpc) is 3.52. The van der Waals surface area contributed by atoms with Crippen LogP contribution in [0, 0.1) is 5.82 Å². The van der Waals surface area contributed by atoms with Gasteiger partial charge in [-0.05, 0) is 42.8 Å². The number of aromatic amines is 2. The highest BCUT2D eigenvalue weighted by Crippen LogP contribution is 2.29. The summed E-state index contributed by atoms with van der Waals surface area (Å²) >= 11 is 0. The van der Waals surface area contributed by atoms with E-state index >= 15 is 0 Å². The van der Waals surface area contributed by atoms with Crippen molar-refractivity contribution < 1.29 is 9.18 Å². The van der Waals surface area contributed by atoms with E-state index < -0.39 is 17.4 Å². The predicted octanol–water partition coefficient (Wildman–Crippen LogP) is 2.45. The van der Waals surface area contributed by atoms with Crippen LogP contribution in [-0.4, -0.2) is 43.4 Å². The van der Waals surface area contributed by atoms with Crippen LogP contribution in [0.2, 0.25) is 0 Å². The van der Waals surface area contributed by atoms with Crippen molar-refractivity contribution >= 4 is 11.9 Å². The molecule has 0 aliphatic carbocycles. The van der Waals surface area contributed by atoms with E-state index in [1.807, 2.05) is 0 Å². The number of anilines is 1. The molecule has 0 bridgehead atoms. The first-order chi connectivity index (χ1) is 16.1. The van der Waals surface area contributed by atoms with Crippen LogP contribution in [0.15, 0.2) is 66.0 Å². The van der Waals surface area contributed by atoms with Crippen LogP contribution in [0.25, 0.3) is 22.4 Å². The molecule has 10 heteroatoms. The van der Waals surface area contributed by atoms with E-state index in [-0.39, 0.29) is 23.3 Å². The zero-order valence-electron chi connectivity index (χ0n) is 17.4. The Labute approximate surface area is 187 Å². The van der Waals surface area contributed by atoms with Crippen LogP contribution in [0.5, 0.6) is 0 Å². The second-order valence-electron chi connectivity index (χ2n) is 7.67. The van der Waals surface area contributed by atoms with Crippen molar-refractivity contribution in [3.63, 3.8) is 0 Å². The fourth-order valence-corrected chi connectivity index (χ4v) is 4.08. The number of aromatic nitrogens is 5. The number of imidazole rings is 1. The molecule has 1 aromatic carbocycles. The molecular formula is C23H20FN7O2. The second-order valence-corrected chi connectivity index (χ2v) is 7.67. The van der Waals surface area contributed by atoms with E-state index in [0.29, 0.717) is 23.4 Å². The molecule has 1 saturated heterocycles. The van der Waals surface area contributed by atoms with Gasteiger partial charge in [0.1, 0.15) is 11.6 Å². The SMILES string of the molecule is O=C(Nc1nc(-c2ccncc2)c(-c2ccc(F)cc2)c(=O)[nH]1)[C@@H]1NCCC1c1ncc[nH]1. The highest BCUT2D eigenvalue weighted by Gasteiger charge is 2.35. The number of nitrogens with zero attached hydrogens (tertiary/aromatic N) is 3. The lowest BCUT2D eigenvalue weighted by Gasteiger charge is -2.18. The van der Waals surface area contributed by atoms with Crippen LogP contribution in [0.3, 0.4) is 0 Å². The highest BCUT2D eigenvalue weighted by atomic mass is 19.1. The van der Waals surface area contributed by atoms with Crippen molar-refractivity contribution in [2.24, 2.45) is 0 Å². The maximum absolute atomic E-state index is 13.4. The van der Waals surface area contributed by atoms with Gasteiger partial charge in [-0.3, -0.25) is 24.9 Å². The Bertz CT molecular complexity index is 1320. The fraction of sp³-hybridized carbons (Fsp3) is 0.174. The van der Waals surface area contributed by atoms with Crippen molar-refractivity contribution in [2.45, 2.75) is 18.4 Å². The third-order valence-electron chi connectivity index (χ3n) is 5.62. The quantitative estimate of drug-likeness (QED) is 0.374. The molecule has 5 rings (SSSR count). The molecule has 33 heavy (non-hydrogen) atoms. The second kappa shape index (κ2) is 8.75. The molecule has 1 aliphatic rings. The number of amides is 1. The molecule has 1 fully saturated rings. The lowest BCUT2D eigenvalue weighted by atomic mass is 9.99. The van der Waals surface area contributed by atoms with Crippen LogP contribution in [0.4, 0.5) is 10.3 Å².